The van der Waals surface area contributed by atoms with Crippen molar-refractivity contribution in [2.24, 2.45) is 0 Å². The van der Waals surface area contributed by atoms with E-state index in [0.717, 1.165) is 38.5 Å². The zero-order chi connectivity index (χ0) is 36.7. The van der Waals surface area contributed by atoms with E-state index in [4.69, 9.17) is 0 Å². The van der Waals surface area contributed by atoms with Gasteiger partial charge >= 0.3 is 0 Å². The minimum absolute atomic E-state index is 0.0881. The molecule has 0 saturated heterocycles. The number of Topliss-reactive ketones (excluding diaryl/α,β-unsaturated/α-hetero) is 2. The molecule has 49 heavy (non-hydrogen) atoms. The van der Waals surface area contributed by atoms with Gasteiger partial charge in [-0.2, -0.15) is 0 Å². The molecule has 2 atom stereocenters. The Morgan fingerprint density at radius 3 is 0.796 bits per heavy atom. The molecule has 0 heterocycles. The highest BCUT2D eigenvalue weighted by Gasteiger charge is 2.64. The highest BCUT2D eigenvalue weighted by Crippen LogP contribution is 2.35. The molecule has 0 saturated carbocycles. The van der Waals surface area contributed by atoms with Crippen molar-refractivity contribution in [2.75, 3.05) is 6.54 Å². The van der Waals surface area contributed by atoms with Crippen LogP contribution in [0.4, 0.5) is 0 Å². The predicted octanol–water partition coefficient (Wildman–Crippen LogP) is 12.7. The average Bonchev–Trinajstić information content (AvgIpc) is 3.07. The van der Waals surface area contributed by atoms with Gasteiger partial charge in [0.05, 0.1) is 0 Å². The summed E-state index contributed by atoms with van der Waals surface area (Å²) in [5, 5.41) is 34.4. The Kier molecular flexibility index (Phi) is 30.3. The zero-order valence-electron chi connectivity index (χ0n) is 33.6. The van der Waals surface area contributed by atoms with Crippen molar-refractivity contribution >= 4 is 11.6 Å². The number of unbranched alkanes of at least 4 members (excludes halogenated alkanes) is 28. The van der Waals surface area contributed by atoms with Crippen LogP contribution < -0.4 is 0 Å². The number of nitrogens with zero attached hydrogens (tertiary/aromatic N) is 1. The summed E-state index contributed by atoms with van der Waals surface area (Å²) in [4.78, 5) is 26.5. The lowest BCUT2D eigenvalue weighted by atomic mass is 9.94. The number of carbonyl (C=O) groups is 2. The summed E-state index contributed by atoms with van der Waals surface area (Å²) in [7, 11) is 0. The molecule has 6 heteroatoms. The first kappa shape index (κ1) is 48.2. The monoisotopic (exact) mass is 697 g/mol. The molecule has 0 rings (SSSR count). The van der Waals surface area contributed by atoms with E-state index in [1.807, 2.05) is 6.92 Å². The Bertz CT molecular complexity index is 722. The van der Waals surface area contributed by atoms with Gasteiger partial charge in [-0.3, -0.25) is 9.59 Å². The van der Waals surface area contributed by atoms with Gasteiger partial charge in [0.15, 0.2) is 0 Å². The summed E-state index contributed by atoms with van der Waals surface area (Å²) in [6.45, 7) is 8.79. The maximum Gasteiger partial charge on any atom is 0.290 e. The second-order valence-corrected chi connectivity index (χ2v) is 15.8. The quantitative estimate of drug-likeness (QED) is 0.0258. The van der Waals surface area contributed by atoms with E-state index in [-0.39, 0.29) is 19.4 Å². The van der Waals surface area contributed by atoms with Gasteiger partial charge in [0.1, 0.15) is 6.54 Å². The minimum Gasteiger partial charge on any atom is -0.334 e. The van der Waals surface area contributed by atoms with Gasteiger partial charge in [-0.15, -0.1) is 4.65 Å². The van der Waals surface area contributed by atoms with Crippen LogP contribution in [0.5, 0.6) is 0 Å². The molecular formula is C43H86NO5+. The average molecular weight is 697 g/mol. The van der Waals surface area contributed by atoms with Gasteiger partial charge in [0.25, 0.3) is 11.4 Å². The fourth-order valence-corrected chi connectivity index (χ4v) is 7.38. The van der Waals surface area contributed by atoms with Crippen LogP contribution >= 0.6 is 0 Å². The van der Waals surface area contributed by atoms with Crippen molar-refractivity contribution in [3.63, 3.8) is 0 Å². The molecule has 3 N–H and O–H groups in total. The molecular weight excluding hydrogens is 610 g/mol. The number of hydroxylamine groups is 3. The molecule has 0 aliphatic rings. The van der Waals surface area contributed by atoms with Crippen LogP contribution in [0.3, 0.4) is 0 Å². The summed E-state index contributed by atoms with van der Waals surface area (Å²) >= 11 is 0. The van der Waals surface area contributed by atoms with Crippen LogP contribution in [0.25, 0.3) is 0 Å². The highest BCUT2D eigenvalue weighted by atomic mass is 16.6. The highest BCUT2D eigenvalue weighted by molar-refractivity contribution is 5.87. The van der Waals surface area contributed by atoms with Crippen molar-refractivity contribution in [3.05, 3.63) is 0 Å². The fourth-order valence-electron chi connectivity index (χ4n) is 7.38. The number of aliphatic hydroxyl groups is 2. The van der Waals surface area contributed by atoms with Gasteiger partial charge in [-0.1, -0.05) is 201 Å². The summed E-state index contributed by atoms with van der Waals surface area (Å²) in [6.07, 6.45) is 37.5. The number of quaternary nitrogens is 1. The molecule has 0 aliphatic carbocycles. The molecule has 2 unspecified atom stereocenters. The van der Waals surface area contributed by atoms with E-state index < -0.39 is 27.7 Å². The number of carbonyl (C=O) groups excluding carboxylic acids is 2. The Labute approximate surface area is 305 Å². The maximum atomic E-state index is 13.2. The molecule has 0 aromatic rings. The standard InChI is InChI=1S/C43H86NO5/c1-6-9-11-13-15-17-19-21-23-25-27-29-31-33-35-37-40(45)42(4,47)44(49,39-8-3)43(5,48)41(46)38-36-34-32-30-28-26-24-22-20-18-16-14-12-10-7-2/h47-49H,6-39H2,1-5H3/q+1. The van der Waals surface area contributed by atoms with Gasteiger partial charge in [0.2, 0.25) is 11.6 Å². The SMILES string of the molecule is CCCCCCCCCCCCCCCCCC(=O)C(C)(O)[N+](O)(CCC)C(C)(O)C(=O)CCCCCCCCCCCCCCCCC. The second-order valence-electron chi connectivity index (χ2n) is 15.8. The molecule has 0 radical (unpaired) electrons. The summed E-state index contributed by atoms with van der Waals surface area (Å²) in [5.74, 6) is -1.03. The van der Waals surface area contributed by atoms with E-state index in [2.05, 4.69) is 13.8 Å². The number of hydrogen-bond acceptors (Lipinski definition) is 5. The lowest BCUT2D eigenvalue weighted by Crippen LogP contribution is -2.76. The molecule has 0 fully saturated rings. The Morgan fingerprint density at radius 1 is 0.388 bits per heavy atom. The summed E-state index contributed by atoms with van der Waals surface area (Å²) in [6, 6.07) is 0. The molecule has 0 aliphatic heterocycles. The fraction of sp³-hybridized carbons (Fsp3) is 0.953. The number of rotatable bonds is 38. The van der Waals surface area contributed by atoms with Crippen LogP contribution in [0.2, 0.25) is 0 Å². The third-order valence-electron chi connectivity index (χ3n) is 11.1. The Balaban J connectivity index is 4.31. The molecule has 6 nitrogen and oxygen atoms in total. The van der Waals surface area contributed by atoms with E-state index in [1.54, 1.807) is 0 Å². The van der Waals surface area contributed by atoms with Gasteiger partial charge in [-0.25, -0.2) is 5.21 Å². The van der Waals surface area contributed by atoms with E-state index in [1.165, 1.54) is 155 Å². The lowest BCUT2D eigenvalue weighted by molar-refractivity contribution is -1.18. The van der Waals surface area contributed by atoms with Gasteiger partial charge in [-0.05, 0) is 19.3 Å². The first-order chi connectivity index (χ1) is 23.5. The minimum atomic E-state index is -2.26. The van der Waals surface area contributed by atoms with Crippen molar-refractivity contribution in [1.82, 2.24) is 0 Å². The largest absolute Gasteiger partial charge is 0.334 e. The summed E-state index contributed by atoms with van der Waals surface area (Å²) in [5.41, 5.74) is -4.53. The first-order valence-electron chi connectivity index (χ1n) is 21.6. The van der Waals surface area contributed by atoms with Crippen molar-refractivity contribution in [3.8, 4) is 0 Å². The van der Waals surface area contributed by atoms with Gasteiger partial charge in [0, 0.05) is 26.7 Å². The topological polar surface area (TPSA) is 94.8 Å². The van der Waals surface area contributed by atoms with Crippen LogP contribution in [-0.4, -0.2) is 49.6 Å². The van der Waals surface area contributed by atoms with Crippen LogP contribution in [0.1, 0.15) is 247 Å². The molecule has 0 aromatic heterocycles. The van der Waals surface area contributed by atoms with E-state index in [9.17, 15) is 25.0 Å². The Hall–Kier alpha value is -0.820. The van der Waals surface area contributed by atoms with E-state index >= 15 is 0 Å². The normalized spacial score (nSPS) is 15.5. The first-order valence-corrected chi connectivity index (χ1v) is 21.6. The lowest BCUT2D eigenvalue weighted by Gasteiger charge is -2.47. The molecule has 292 valence electrons. The zero-order valence-corrected chi connectivity index (χ0v) is 33.6. The van der Waals surface area contributed by atoms with Gasteiger partial charge < -0.3 is 10.2 Å². The number of ketones is 2. The molecule has 0 bridgehead atoms. The smallest absolute Gasteiger partial charge is 0.290 e. The predicted molar refractivity (Wildman–Crippen MR) is 208 cm³/mol. The second kappa shape index (κ2) is 30.8. The maximum absolute atomic E-state index is 13.2. The molecule has 0 aromatic carbocycles. The van der Waals surface area contributed by atoms with Crippen LogP contribution in [0, 0.1) is 0 Å². The van der Waals surface area contributed by atoms with Crippen LogP contribution in [0.15, 0.2) is 0 Å². The third-order valence-corrected chi connectivity index (χ3v) is 11.1. The number of hydrogen-bond donors (Lipinski definition) is 3. The molecule has 0 amide bonds. The van der Waals surface area contributed by atoms with Crippen LogP contribution in [-0.2, 0) is 9.59 Å². The molecule has 0 spiro atoms. The summed E-state index contributed by atoms with van der Waals surface area (Å²) < 4.78 is -1.37. The van der Waals surface area contributed by atoms with E-state index in [0.29, 0.717) is 19.3 Å². The van der Waals surface area contributed by atoms with Crippen molar-refractivity contribution in [2.45, 2.75) is 258 Å². The van der Waals surface area contributed by atoms with Crippen molar-refractivity contribution in [1.29, 1.82) is 0 Å². The van der Waals surface area contributed by atoms with Crippen molar-refractivity contribution < 1.29 is 29.7 Å². The Morgan fingerprint density at radius 2 is 0.592 bits per heavy atom. The third kappa shape index (κ3) is 21.3.